The number of fused-ring (bicyclic) bond motifs is 2. The zero-order valence-corrected chi connectivity index (χ0v) is 15.3. The molecule has 2 heterocycles. The highest BCUT2D eigenvalue weighted by Crippen LogP contribution is 2.44. The van der Waals surface area contributed by atoms with Crippen molar-refractivity contribution in [3.8, 4) is 0 Å². The van der Waals surface area contributed by atoms with Crippen LogP contribution in [-0.2, 0) is 11.2 Å². The first-order chi connectivity index (χ1) is 12.1. The molecule has 5 nitrogen and oxygen atoms in total. The minimum absolute atomic E-state index is 0.136. The first-order valence-electron chi connectivity index (χ1n) is 9.31. The van der Waals surface area contributed by atoms with E-state index in [4.69, 9.17) is 4.74 Å². The van der Waals surface area contributed by atoms with Gasteiger partial charge in [0.1, 0.15) is 0 Å². The molecule has 1 aromatic carbocycles. The average Bonchev–Trinajstić information content (AvgIpc) is 2.93. The Morgan fingerprint density at radius 3 is 3.04 bits per heavy atom. The van der Waals surface area contributed by atoms with E-state index in [2.05, 4.69) is 47.2 Å². The molecule has 2 aliphatic rings. The van der Waals surface area contributed by atoms with Crippen LogP contribution in [0.2, 0.25) is 0 Å². The zero-order valence-electron chi connectivity index (χ0n) is 15.3. The van der Waals surface area contributed by atoms with Gasteiger partial charge < -0.3 is 15.0 Å². The van der Waals surface area contributed by atoms with Gasteiger partial charge in [-0.1, -0.05) is 19.1 Å². The SMILES string of the molecule is CCCN1C[C@@H](NC(=O)OC)C[C@@H]2c3cccc4[nH]c(C)c(c34)C[C@H]21. The number of hydrogen-bond donors (Lipinski definition) is 2. The molecule has 0 bridgehead atoms. The minimum Gasteiger partial charge on any atom is -0.453 e. The summed E-state index contributed by atoms with van der Waals surface area (Å²) in [6.07, 6.45) is 2.87. The molecule has 5 heteroatoms. The number of carbonyl (C=O) groups excluding carboxylic acids is 1. The molecule has 4 rings (SSSR count). The van der Waals surface area contributed by atoms with Crippen LogP contribution in [0.1, 0.15) is 42.5 Å². The van der Waals surface area contributed by atoms with E-state index in [1.54, 1.807) is 0 Å². The van der Waals surface area contributed by atoms with Crippen molar-refractivity contribution in [3.05, 3.63) is 35.0 Å². The predicted octanol–water partition coefficient (Wildman–Crippen LogP) is 3.32. The van der Waals surface area contributed by atoms with Crippen LogP contribution >= 0.6 is 0 Å². The second-order valence-electron chi connectivity index (χ2n) is 7.44. The highest BCUT2D eigenvalue weighted by molar-refractivity contribution is 5.89. The lowest BCUT2D eigenvalue weighted by atomic mass is 9.73. The van der Waals surface area contributed by atoms with Crippen molar-refractivity contribution in [1.82, 2.24) is 15.2 Å². The molecular weight excluding hydrogens is 314 g/mol. The largest absolute Gasteiger partial charge is 0.453 e. The smallest absolute Gasteiger partial charge is 0.407 e. The van der Waals surface area contributed by atoms with E-state index in [0.717, 1.165) is 32.4 Å². The summed E-state index contributed by atoms with van der Waals surface area (Å²) < 4.78 is 4.83. The third-order valence-corrected chi connectivity index (χ3v) is 5.93. The molecule has 1 amide bonds. The van der Waals surface area contributed by atoms with Crippen molar-refractivity contribution < 1.29 is 9.53 Å². The summed E-state index contributed by atoms with van der Waals surface area (Å²) >= 11 is 0. The number of rotatable bonds is 3. The fourth-order valence-electron chi connectivity index (χ4n) is 4.94. The number of hydrogen-bond acceptors (Lipinski definition) is 3. The Hall–Kier alpha value is -2.01. The fraction of sp³-hybridized carbons (Fsp3) is 0.550. The molecule has 0 unspecified atom stereocenters. The van der Waals surface area contributed by atoms with E-state index >= 15 is 0 Å². The number of benzene rings is 1. The maximum Gasteiger partial charge on any atom is 0.407 e. The molecule has 1 fully saturated rings. The Balaban J connectivity index is 1.74. The number of H-pyrrole nitrogens is 1. The number of aromatic nitrogens is 1. The number of methoxy groups -OCH3 is 1. The molecule has 1 aromatic heterocycles. The number of aryl methyl sites for hydroxylation is 1. The number of alkyl carbamates (subject to hydrolysis) is 1. The molecule has 2 N–H and O–H groups in total. The number of nitrogens with zero attached hydrogens (tertiary/aromatic N) is 1. The quantitative estimate of drug-likeness (QED) is 0.900. The summed E-state index contributed by atoms with van der Waals surface area (Å²) in [6.45, 7) is 6.38. The molecule has 0 radical (unpaired) electrons. The van der Waals surface area contributed by atoms with Crippen molar-refractivity contribution >= 4 is 17.0 Å². The normalized spacial score (nSPS) is 25.6. The Labute approximate surface area is 148 Å². The molecule has 1 aliphatic carbocycles. The Bertz CT molecular complexity index is 798. The van der Waals surface area contributed by atoms with E-state index in [-0.39, 0.29) is 12.1 Å². The lowest BCUT2D eigenvalue weighted by Crippen LogP contribution is -2.56. The summed E-state index contributed by atoms with van der Waals surface area (Å²) in [4.78, 5) is 17.9. The van der Waals surface area contributed by atoms with Gasteiger partial charge in [-0.25, -0.2) is 4.79 Å². The third kappa shape index (κ3) is 2.71. The molecule has 0 saturated carbocycles. The average molecular weight is 341 g/mol. The van der Waals surface area contributed by atoms with Crippen LogP contribution in [0.25, 0.3) is 10.9 Å². The summed E-state index contributed by atoms with van der Waals surface area (Å²) in [5.41, 5.74) is 5.46. The van der Waals surface area contributed by atoms with Crippen LogP contribution in [0.3, 0.4) is 0 Å². The van der Waals surface area contributed by atoms with E-state index < -0.39 is 0 Å². The van der Waals surface area contributed by atoms with Gasteiger partial charge in [0.25, 0.3) is 0 Å². The number of nitrogens with one attached hydrogen (secondary N) is 2. The van der Waals surface area contributed by atoms with Crippen LogP contribution in [0.15, 0.2) is 18.2 Å². The highest BCUT2D eigenvalue weighted by Gasteiger charge is 2.41. The van der Waals surface area contributed by atoms with Crippen LogP contribution in [0.5, 0.6) is 0 Å². The van der Waals surface area contributed by atoms with Crippen molar-refractivity contribution in [3.63, 3.8) is 0 Å². The third-order valence-electron chi connectivity index (χ3n) is 5.93. The van der Waals surface area contributed by atoms with Gasteiger partial charge in [-0.3, -0.25) is 4.90 Å². The van der Waals surface area contributed by atoms with Gasteiger partial charge >= 0.3 is 6.09 Å². The summed E-state index contributed by atoms with van der Waals surface area (Å²) in [6, 6.07) is 7.26. The number of ether oxygens (including phenoxy) is 1. The second-order valence-corrected chi connectivity index (χ2v) is 7.44. The highest BCUT2D eigenvalue weighted by atomic mass is 16.5. The van der Waals surface area contributed by atoms with Gasteiger partial charge in [0.15, 0.2) is 0 Å². The fourth-order valence-corrected chi connectivity index (χ4v) is 4.94. The van der Waals surface area contributed by atoms with E-state index in [9.17, 15) is 4.79 Å². The number of amides is 1. The summed E-state index contributed by atoms with van der Waals surface area (Å²) in [7, 11) is 1.43. The maximum atomic E-state index is 11.7. The maximum absolute atomic E-state index is 11.7. The molecule has 0 spiro atoms. The Kier molecular flexibility index (Phi) is 4.20. The topological polar surface area (TPSA) is 57.4 Å². The van der Waals surface area contributed by atoms with Crippen LogP contribution in [0.4, 0.5) is 4.79 Å². The molecule has 25 heavy (non-hydrogen) atoms. The monoisotopic (exact) mass is 341 g/mol. The standard InChI is InChI=1S/C20H27N3O2/c1-4-8-23-11-13(22-20(24)25-3)9-16-14-6-5-7-17-19(14)15(10-18(16)23)12(2)21-17/h5-7,13,16,18,21H,4,8-11H2,1-3H3,(H,22,24)/t13-,16+,18+/m0/s1. The van der Waals surface area contributed by atoms with Gasteiger partial charge in [-0.15, -0.1) is 0 Å². The number of piperidine rings is 1. The Morgan fingerprint density at radius 1 is 1.44 bits per heavy atom. The Morgan fingerprint density at radius 2 is 2.28 bits per heavy atom. The minimum atomic E-state index is -0.327. The lowest BCUT2D eigenvalue weighted by molar-refractivity contribution is 0.0934. The first kappa shape index (κ1) is 16.5. The van der Waals surface area contributed by atoms with E-state index in [0.29, 0.717) is 12.0 Å². The van der Waals surface area contributed by atoms with Crippen LogP contribution < -0.4 is 5.32 Å². The van der Waals surface area contributed by atoms with E-state index in [1.165, 1.54) is 34.8 Å². The molecule has 134 valence electrons. The van der Waals surface area contributed by atoms with Crippen molar-refractivity contribution in [2.45, 2.75) is 51.1 Å². The molecule has 3 atom stereocenters. The molecular formula is C20H27N3O2. The van der Waals surface area contributed by atoms with Gasteiger partial charge in [-0.05, 0) is 49.9 Å². The van der Waals surface area contributed by atoms with Crippen molar-refractivity contribution in [2.24, 2.45) is 0 Å². The molecule has 1 saturated heterocycles. The predicted molar refractivity (Wildman–Crippen MR) is 99.1 cm³/mol. The number of likely N-dealkylation sites (tertiary alicyclic amines) is 1. The van der Waals surface area contributed by atoms with Gasteiger partial charge in [0.2, 0.25) is 0 Å². The van der Waals surface area contributed by atoms with Gasteiger partial charge in [-0.2, -0.15) is 0 Å². The lowest BCUT2D eigenvalue weighted by Gasteiger charge is -2.47. The zero-order chi connectivity index (χ0) is 17.6. The van der Waals surface area contributed by atoms with Gasteiger partial charge in [0, 0.05) is 41.1 Å². The number of carbonyl (C=O) groups is 1. The van der Waals surface area contributed by atoms with Gasteiger partial charge in [0.05, 0.1) is 7.11 Å². The van der Waals surface area contributed by atoms with E-state index in [1.807, 2.05) is 0 Å². The second kappa shape index (κ2) is 6.37. The van der Waals surface area contributed by atoms with Crippen molar-refractivity contribution in [1.29, 1.82) is 0 Å². The van der Waals surface area contributed by atoms with Crippen LogP contribution in [-0.4, -0.2) is 48.3 Å². The first-order valence-corrected chi connectivity index (χ1v) is 9.31. The summed E-state index contributed by atoms with van der Waals surface area (Å²) in [5.74, 6) is 0.453. The van der Waals surface area contributed by atoms with Crippen molar-refractivity contribution in [2.75, 3.05) is 20.2 Å². The molecule has 2 aromatic rings. The summed E-state index contributed by atoms with van der Waals surface area (Å²) in [5, 5.41) is 4.45. The number of aromatic amines is 1. The van der Waals surface area contributed by atoms with Crippen LogP contribution in [0, 0.1) is 6.92 Å². The molecule has 1 aliphatic heterocycles.